The van der Waals surface area contributed by atoms with Gasteiger partial charge in [0.1, 0.15) is 5.82 Å². The number of amides is 1. The predicted octanol–water partition coefficient (Wildman–Crippen LogP) is 2.70. The van der Waals surface area contributed by atoms with Gasteiger partial charge in [0, 0.05) is 25.7 Å². The van der Waals surface area contributed by atoms with E-state index in [2.05, 4.69) is 10.2 Å². The van der Waals surface area contributed by atoms with Crippen LogP contribution in [-0.4, -0.2) is 36.2 Å². The number of likely N-dealkylation sites (tertiary alicyclic amines) is 1. The largest absolute Gasteiger partial charge is 0.442 e. The molecule has 26 heavy (non-hydrogen) atoms. The number of hydrogen-bond acceptors (Lipinski definition) is 4. The molecule has 2 heterocycles. The number of ether oxygens (including phenoxy) is 2. The quantitative estimate of drug-likeness (QED) is 0.915. The predicted molar refractivity (Wildman–Crippen MR) is 94.3 cm³/mol. The molecule has 0 saturated carbocycles. The normalized spacial score (nSPS) is 18.0. The Bertz CT molecular complexity index is 765. The highest BCUT2D eigenvalue weighted by Crippen LogP contribution is 2.33. The number of nitrogens with zero attached hydrogens (tertiary/aromatic N) is 1. The van der Waals surface area contributed by atoms with Gasteiger partial charge in [-0.05, 0) is 42.7 Å². The monoisotopic (exact) mass is 356 g/mol. The summed E-state index contributed by atoms with van der Waals surface area (Å²) in [4.78, 5) is 14.6. The average Bonchev–Trinajstić information content (AvgIpc) is 3.08. The van der Waals surface area contributed by atoms with Crippen LogP contribution < -0.4 is 14.8 Å². The number of carbonyl (C=O) groups excluding carboxylic acids is 1. The number of nitrogens with one attached hydrogen (secondary N) is 1. The zero-order valence-electron chi connectivity index (χ0n) is 14.4. The summed E-state index contributed by atoms with van der Waals surface area (Å²) in [6.45, 7) is 2.44. The molecule has 0 aliphatic carbocycles. The third-order valence-electron chi connectivity index (χ3n) is 4.76. The standard InChI is InChI=1S/C20H21FN2O3/c21-15-5-3-4-14(12-15)13-23-10-8-16(9-11-23)22-19(24)20-25-17-6-1-2-7-18(17)26-20/h1-7,12,16,20H,8-11,13H2,(H,22,24). The Hall–Kier alpha value is -2.60. The summed E-state index contributed by atoms with van der Waals surface area (Å²) in [6.07, 6.45) is 0.777. The van der Waals surface area contributed by atoms with E-state index in [1.54, 1.807) is 24.3 Å². The fraction of sp³-hybridized carbons (Fsp3) is 0.350. The van der Waals surface area contributed by atoms with Gasteiger partial charge in [0.2, 0.25) is 0 Å². The van der Waals surface area contributed by atoms with Gasteiger partial charge in [-0.3, -0.25) is 9.69 Å². The van der Waals surface area contributed by atoms with Crippen LogP contribution in [0.4, 0.5) is 4.39 Å². The number of hydrogen-bond donors (Lipinski definition) is 1. The minimum atomic E-state index is -0.919. The second-order valence-electron chi connectivity index (χ2n) is 6.70. The topological polar surface area (TPSA) is 50.8 Å². The minimum absolute atomic E-state index is 0.0992. The van der Waals surface area contributed by atoms with Crippen LogP contribution >= 0.6 is 0 Å². The van der Waals surface area contributed by atoms with Crippen molar-refractivity contribution in [2.24, 2.45) is 0 Å². The summed E-state index contributed by atoms with van der Waals surface area (Å²) in [5.74, 6) is 0.738. The average molecular weight is 356 g/mol. The zero-order valence-corrected chi connectivity index (χ0v) is 14.4. The first-order chi connectivity index (χ1) is 12.7. The number of para-hydroxylation sites is 2. The highest BCUT2D eigenvalue weighted by Gasteiger charge is 2.32. The summed E-state index contributed by atoms with van der Waals surface area (Å²) < 4.78 is 24.4. The van der Waals surface area contributed by atoms with E-state index in [0.29, 0.717) is 11.5 Å². The van der Waals surface area contributed by atoms with Crippen LogP contribution in [0.2, 0.25) is 0 Å². The SMILES string of the molecule is O=C(NC1CCN(Cc2cccc(F)c2)CC1)C1Oc2ccccc2O1. The summed E-state index contributed by atoms with van der Waals surface area (Å²) in [5.41, 5.74) is 0.970. The van der Waals surface area contributed by atoms with Crippen LogP contribution in [0.25, 0.3) is 0 Å². The van der Waals surface area contributed by atoms with Gasteiger partial charge in [-0.1, -0.05) is 24.3 Å². The fourth-order valence-electron chi connectivity index (χ4n) is 3.40. The molecule has 1 fully saturated rings. The lowest BCUT2D eigenvalue weighted by atomic mass is 10.0. The first kappa shape index (κ1) is 16.8. The first-order valence-electron chi connectivity index (χ1n) is 8.87. The lowest BCUT2D eigenvalue weighted by Gasteiger charge is -2.32. The Morgan fingerprint density at radius 3 is 2.42 bits per heavy atom. The molecule has 2 aromatic carbocycles. The third kappa shape index (κ3) is 3.80. The van der Waals surface area contributed by atoms with E-state index in [9.17, 15) is 9.18 Å². The number of fused-ring (bicyclic) bond motifs is 1. The Morgan fingerprint density at radius 2 is 1.77 bits per heavy atom. The number of rotatable bonds is 4. The van der Waals surface area contributed by atoms with Crippen molar-refractivity contribution in [2.75, 3.05) is 13.1 Å². The lowest BCUT2D eigenvalue weighted by Crippen LogP contribution is -2.49. The van der Waals surface area contributed by atoms with Crippen LogP contribution in [-0.2, 0) is 11.3 Å². The molecule has 0 aromatic heterocycles. The second-order valence-corrected chi connectivity index (χ2v) is 6.70. The van der Waals surface area contributed by atoms with Crippen molar-refractivity contribution in [3.05, 3.63) is 59.9 Å². The molecule has 4 rings (SSSR count). The van der Waals surface area contributed by atoms with Gasteiger partial charge in [0.15, 0.2) is 11.5 Å². The maximum atomic E-state index is 13.3. The molecule has 1 N–H and O–H groups in total. The summed E-state index contributed by atoms with van der Waals surface area (Å²) in [5, 5.41) is 3.01. The number of benzene rings is 2. The second kappa shape index (κ2) is 7.33. The van der Waals surface area contributed by atoms with Crippen LogP contribution in [0.3, 0.4) is 0 Å². The van der Waals surface area contributed by atoms with E-state index in [1.807, 2.05) is 18.2 Å². The molecule has 2 aromatic rings. The third-order valence-corrected chi connectivity index (χ3v) is 4.76. The van der Waals surface area contributed by atoms with Crippen molar-refractivity contribution in [1.29, 1.82) is 0 Å². The van der Waals surface area contributed by atoms with Crippen molar-refractivity contribution in [3.8, 4) is 11.5 Å². The molecule has 0 radical (unpaired) electrons. The Labute approximate surface area is 151 Å². The van der Waals surface area contributed by atoms with E-state index in [1.165, 1.54) is 6.07 Å². The van der Waals surface area contributed by atoms with Crippen LogP contribution in [0, 0.1) is 5.82 Å². The molecule has 5 nitrogen and oxygen atoms in total. The molecule has 0 atom stereocenters. The molecule has 0 spiro atoms. The Morgan fingerprint density at radius 1 is 1.08 bits per heavy atom. The Balaban J connectivity index is 1.25. The molecule has 6 heteroatoms. The number of halogens is 1. The van der Waals surface area contributed by atoms with Gasteiger partial charge in [-0.15, -0.1) is 0 Å². The number of piperidine rings is 1. The van der Waals surface area contributed by atoms with Crippen molar-refractivity contribution in [2.45, 2.75) is 31.7 Å². The zero-order chi connectivity index (χ0) is 17.9. The smallest absolute Gasteiger partial charge is 0.321 e. The maximum Gasteiger partial charge on any atom is 0.321 e. The lowest BCUT2D eigenvalue weighted by molar-refractivity contribution is -0.137. The van der Waals surface area contributed by atoms with E-state index >= 15 is 0 Å². The molecule has 136 valence electrons. The fourth-order valence-corrected chi connectivity index (χ4v) is 3.40. The van der Waals surface area contributed by atoms with Crippen LogP contribution in [0.5, 0.6) is 11.5 Å². The highest BCUT2D eigenvalue weighted by atomic mass is 19.1. The van der Waals surface area contributed by atoms with E-state index < -0.39 is 6.29 Å². The first-order valence-corrected chi connectivity index (χ1v) is 8.87. The molecule has 1 amide bonds. The van der Waals surface area contributed by atoms with Gasteiger partial charge in [-0.25, -0.2) is 4.39 Å². The molecular weight excluding hydrogens is 335 g/mol. The molecule has 0 unspecified atom stereocenters. The van der Waals surface area contributed by atoms with Crippen molar-refractivity contribution in [1.82, 2.24) is 10.2 Å². The molecule has 2 aliphatic heterocycles. The van der Waals surface area contributed by atoms with E-state index in [4.69, 9.17) is 9.47 Å². The van der Waals surface area contributed by atoms with E-state index in [-0.39, 0.29) is 17.8 Å². The van der Waals surface area contributed by atoms with Gasteiger partial charge in [0.05, 0.1) is 0 Å². The molecule has 0 bridgehead atoms. The minimum Gasteiger partial charge on any atom is -0.442 e. The summed E-state index contributed by atoms with van der Waals surface area (Å²) in [6, 6.07) is 14.0. The van der Waals surface area contributed by atoms with Gasteiger partial charge in [0.25, 0.3) is 0 Å². The molecule has 1 saturated heterocycles. The summed E-state index contributed by atoms with van der Waals surface area (Å²) in [7, 11) is 0. The van der Waals surface area contributed by atoms with Crippen LogP contribution in [0.15, 0.2) is 48.5 Å². The Kier molecular flexibility index (Phi) is 4.75. The van der Waals surface area contributed by atoms with Gasteiger partial charge < -0.3 is 14.8 Å². The highest BCUT2D eigenvalue weighted by molar-refractivity contribution is 5.81. The maximum absolute atomic E-state index is 13.3. The van der Waals surface area contributed by atoms with E-state index in [0.717, 1.165) is 38.0 Å². The van der Waals surface area contributed by atoms with Gasteiger partial charge >= 0.3 is 12.2 Å². The van der Waals surface area contributed by atoms with Crippen molar-refractivity contribution in [3.63, 3.8) is 0 Å². The van der Waals surface area contributed by atoms with Crippen molar-refractivity contribution >= 4 is 5.91 Å². The molecular formula is C20H21FN2O3. The number of carbonyl (C=O) groups is 1. The van der Waals surface area contributed by atoms with Crippen molar-refractivity contribution < 1.29 is 18.7 Å². The van der Waals surface area contributed by atoms with Crippen LogP contribution in [0.1, 0.15) is 18.4 Å². The summed E-state index contributed by atoms with van der Waals surface area (Å²) >= 11 is 0. The van der Waals surface area contributed by atoms with Gasteiger partial charge in [-0.2, -0.15) is 0 Å². The molecule has 2 aliphatic rings.